The average Bonchev–Trinajstić information content (AvgIpc) is 2.09. The topological polar surface area (TPSA) is 73.6 Å². The van der Waals surface area contributed by atoms with Crippen LogP contribution in [0.25, 0.3) is 0 Å². The van der Waals surface area contributed by atoms with Gasteiger partial charge in [0.15, 0.2) is 0 Å². The molecule has 68 valence electrons. The van der Waals surface area contributed by atoms with E-state index >= 15 is 0 Å². The van der Waals surface area contributed by atoms with Crippen molar-refractivity contribution >= 4 is 0 Å². The third-order valence-electron chi connectivity index (χ3n) is 1.76. The Labute approximate surface area is 100 Å². The fourth-order valence-corrected chi connectivity index (χ4v) is 0.997. The Bertz CT molecular complexity index is 296. The molecule has 1 aromatic rings. The fraction of sp³-hybridized carbons (Fsp3) is 0.375. The van der Waals surface area contributed by atoms with Gasteiger partial charge in [0, 0.05) is 17.3 Å². The Balaban J connectivity index is 0. The van der Waals surface area contributed by atoms with Gasteiger partial charge in [0.1, 0.15) is 5.75 Å². The molecule has 0 amide bonds. The zero-order valence-corrected chi connectivity index (χ0v) is 9.78. The van der Waals surface area contributed by atoms with Gasteiger partial charge in [-0.05, 0) is 6.92 Å². The van der Waals surface area contributed by atoms with E-state index in [4.69, 9.17) is 10.2 Å². The number of aliphatic hydroxyl groups is 2. The minimum Gasteiger partial charge on any atom is -1.00 e. The molecule has 0 radical (unpaired) electrons. The van der Waals surface area contributed by atoms with Crippen LogP contribution in [0.4, 0.5) is 0 Å². The van der Waals surface area contributed by atoms with Gasteiger partial charge in [0.05, 0.1) is 18.9 Å². The first-order valence-electron chi connectivity index (χ1n) is 3.58. The quantitative estimate of drug-likeness (QED) is 0.443. The minimum atomic E-state index is -0.287. The maximum Gasteiger partial charge on any atom is 1.00 e. The van der Waals surface area contributed by atoms with E-state index in [9.17, 15) is 5.11 Å². The van der Waals surface area contributed by atoms with Crippen LogP contribution in [0.2, 0.25) is 0 Å². The molecule has 13 heavy (non-hydrogen) atoms. The summed E-state index contributed by atoms with van der Waals surface area (Å²) in [5.41, 5.74) is 1.27. The van der Waals surface area contributed by atoms with Crippen molar-refractivity contribution in [2.75, 3.05) is 0 Å². The molecule has 0 bridgehead atoms. The van der Waals surface area contributed by atoms with Gasteiger partial charge in [0.25, 0.3) is 0 Å². The van der Waals surface area contributed by atoms with Gasteiger partial charge in [0.2, 0.25) is 0 Å². The number of aliphatic hydroxyl groups excluding tert-OH is 2. The number of aromatic nitrogens is 1. The van der Waals surface area contributed by atoms with Crippen molar-refractivity contribution in [3.05, 3.63) is 23.0 Å². The van der Waals surface area contributed by atoms with Gasteiger partial charge in [-0.1, -0.05) is 0 Å². The van der Waals surface area contributed by atoms with Crippen molar-refractivity contribution in [1.82, 2.24) is 4.98 Å². The largest absolute Gasteiger partial charge is 1.00 e. The Kier molecular flexibility index (Phi) is 5.51. The Morgan fingerprint density at radius 3 is 2.46 bits per heavy atom. The normalized spacial score (nSPS) is 9.46. The summed E-state index contributed by atoms with van der Waals surface area (Å²) in [6.07, 6.45) is 1.45. The van der Waals surface area contributed by atoms with Crippen LogP contribution in [0.1, 0.15) is 18.2 Å². The minimum absolute atomic E-state index is 0. The number of hydrogen-bond donors (Lipinski definition) is 3. The maximum atomic E-state index is 9.38. The standard InChI is InChI=1S/C8H11NO3.Na.H/c1-5-8(12)7(4-11)6(3-10)2-9-5;;/h2,10-12H,3-4H2,1H3;;/q;+1;-1. The summed E-state index contributed by atoms with van der Waals surface area (Å²) in [4.78, 5) is 3.84. The van der Waals surface area contributed by atoms with Crippen molar-refractivity contribution in [3.63, 3.8) is 0 Å². The molecular formula is C8H12NNaO3. The zero-order valence-electron chi connectivity index (χ0n) is 8.78. The molecule has 0 unspecified atom stereocenters. The molecule has 0 fully saturated rings. The third-order valence-corrected chi connectivity index (χ3v) is 1.76. The number of hydrogen-bond acceptors (Lipinski definition) is 4. The van der Waals surface area contributed by atoms with Crippen molar-refractivity contribution < 1.29 is 46.3 Å². The summed E-state index contributed by atoms with van der Waals surface area (Å²) in [7, 11) is 0. The van der Waals surface area contributed by atoms with Crippen LogP contribution in [0.15, 0.2) is 6.20 Å². The van der Waals surface area contributed by atoms with E-state index in [0.29, 0.717) is 16.8 Å². The second-order valence-corrected chi connectivity index (χ2v) is 2.51. The van der Waals surface area contributed by atoms with Crippen LogP contribution in [-0.2, 0) is 13.2 Å². The molecule has 0 spiro atoms. The predicted octanol–water partition coefficient (Wildman–Crippen LogP) is -2.80. The van der Waals surface area contributed by atoms with Crippen molar-refractivity contribution in [3.8, 4) is 5.75 Å². The van der Waals surface area contributed by atoms with Crippen LogP contribution in [0, 0.1) is 6.92 Å². The average molecular weight is 193 g/mol. The molecular weight excluding hydrogens is 181 g/mol. The van der Waals surface area contributed by atoms with E-state index in [-0.39, 0.29) is 49.9 Å². The molecule has 0 saturated heterocycles. The molecule has 0 aliphatic carbocycles. The third kappa shape index (κ3) is 2.65. The Morgan fingerprint density at radius 2 is 2.00 bits per heavy atom. The first-order valence-corrected chi connectivity index (χ1v) is 3.58. The van der Waals surface area contributed by atoms with E-state index in [1.54, 1.807) is 6.92 Å². The van der Waals surface area contributed by atoms with Crippen LogP contribution in [0.3, 0.4) is 0 Å². The number of rotatable bonds is 2. The summed E-state index contributed by atoms with van der Waals surface area (Å²) in [6, 6.07) is 0. The molecule has 4 nitrogen and oxygen atoms in total. The number of aryl methyl sites for hydroxylation is 1. The van der Waals surface area contributed by atoms with Crippen molar-refractivity contribution in [2.24, 2.45) is 0 Å². The monoisotopic (exact) mass is 193 g/mol. The van der Waals surface area contributed by atoms with Crippen LogP contribution >= 0.6 is 0 Å². The number of pyridine rings is 1. The van der Waals surface area contributed by atoms with E-state index in [1.807, 2.05) is 0 Å². The van der Waals surface area contributed by atoms with E-state index in [1.165, 1.54) is 6.20 Å². The summed E-state index contributed by atoms with van der Waals surface area (Å²) in [5.74, 6) is -0.0379. The van der Waals surface area contributed by atoms with E-state index < -0.39 is 0 Å². The molecule has 0 aromatic carbocycles. The van der Waals surface area contributed by atoms with Crippen molar-refractivity contribution in [2.45, 2.75) is 20.1 Å². The summed E-state index contributed by atoms with van der Waals surface area (Å²) in [5, 5.41) is 27.0. The van der Waals surface area contributed by atoms with Gasteiger partial charge < -0.3 is 16.7 Å². The van der Waals surface area contributed by atoms with Crippen LogP contribution in [-0.4, -0.2) is 20.3 Å². The van der Waals surface area contributed by atoms with Gasteiger partial charge in [-0.3, -0.25) is 4.98 Å². The fourth-order valence-electron chi connectivity index (χ4n) is 0.997. The SMILES string of the molecule is Cc1ncc(CO)c(CO)c1O.[H-].[Na+]. The molecule has 5 heteroatoms. The predicted molar refractivity (Wildman–Crippen MR) is 43.6 cm³/mol. The molecule has 1 aromatic heterocycles. The van der Waals surface area contributed by atoms with E-state index in [2.05, 4.69) is 4.98 Å². The first-order chi connectivity index (χ1) is 5.70. The van der Waals surface area contributed by atoms with Gasteiger partial charge in [-0.15, -0.1) is 0 Å². The van der Waals surface area contributed by atoms with Crippen LogP contribution in [0.5, 0.6) is 5.75 Å². The van der Waals surface area contributed by atoms with Gasteiger partial charge >= 0.3 is 29.6 Å². The Morgan fingerprint density at radius 1 is 1.38 bits per heavy atom. The maximum absolute atomic E-state index is 9.38. The second kappa shape index (κ2) is 5.57. The van der Waals surface area contributed by atoms with Crippen molar-refractivity contribution in [1.29, 1.82) is 0 Å². The first kappa shape index (κ1) is 12.9. The molecule has 3 N–H and O–H groups in total. The molecule has 0 aliphatic heterocycles. The molecule has 0 saturated carbocycles. The summed E-state index contributed by atoms with van der Waals surface area (Å²) < 4.78 is 0. The smallest absolute Gasteiger partial charge is 1.00 e. The second-order valence-electron chi connectivity index (χ2n) is 2.51. The van der Waals surface area contributed by atoms with Gasteiger partial charge in [-0.2, -0.15) is 0 Å². The molecule has 1 rings (SSSR count). The van der Waals surface area contributed by atoms with E-state index in [0.717, 1.165) is 0 Å². The number of nitrogens with zero attached hydrogens (tertiary/aromatic N) is 1. The van der Waals surface area contributed by atoms with Gasteiger partial charge in [-0.25, -0.2) is 0 Å². The molecule has 0 atom stereocenters. The Hall–Kier alpha value is -0.130. The summed E-state index contributed by atoms with van der Waals surface area (Å²) in [6.45, 7) is 1.12. The zero-order chi connectivity index (χ0) is 9.14. The number of aromatic hydroxyl groups is 1. The molecule has 0 aliphatic rings. The van der Waals surface area contributed by atoms with Crippen LogP contribution < -0.4 is 29.6 Å². The summed E-state index contributed by atoms with van der Waals surface area (Å²) >= 11 is 0. The molecule has 1 heterocycles.